The number of unbranched alkanes of at least 4 members (excludes halogenated alkanes) is 4. The Labute approximate surface area is 134 Å². The summed E-state index contributed by atoms with van der Waals surface area (Å²) in [5.74, 6) is 10.0. The van der Waals surface area contributed by atoms with Crippen molar-refractivity contribution in [3.05, 3.63) is 0 Å². The molecule has 0 aromatic carbocycles. The van der Waals surface area contributed by atoms with E-state index in [-0.39, 0.29) is 0 Å². The standard InChI is InChI=1S/C20H30O2/c21-15(22)7-5-3-1-2-4-6-11-10-14-16(11)20-18-13-9-8-12(13)17(18)19(14)20/h11-14,16-20H,1-10H2,(H,21,22)/t11-,12-,13+,14-,16+,17+,18-,19-,20+/m1/s1. The molecule has 0 bridgehead atoms. The van der Waals surface area contributed by atoms with Crippen LogP contribution >= 0.6 is 0 Å². The van der Waals surface area contributed by atoms with E-state index in [1.165, 1.54) is 73.0 Å². The fraction of sp³-hybridized carbons (Fsp3) is 0.950. The van der Waals surface area contributed by atoms with Crippen LogP contribution in [0.2, 0.25) is 0 Å². The second-order valence-corrected chi connectivity index (χ2v) is 9.15. The third kappa shape index (κ3) is 1.70. The molecule has 5 saturated carbocycles. The molecule has 0 saturated heterocycles. The molecule has 0 aromatic rings. The van der Waals surface area contributed by atoms with E-state index >= 15 is 0 Å². The Kier molecular flexibility index (Phi) is 3.14. The quantitative estimate of drug-likeness (QED) is 0.526. The summed E-state index contributed by atoms with van der Waals surface area (Å²) in [5, 5.41) is 8.62. The zero-order valence-corrected chi connectivity index (χ0v) is 13.6. The first kappa shape index (κ1) is 13.9. The maximum Gasteiger partial charge on any atom is 0.303 e. The van der Waals surface area contributed by atoms with Crippen LogP contribution in [0.4, 0.5) is 0 Å². The summed E-state index contributed by atoms with van der Waals surface area (Å²) in [4.78, 5) is 10.5. The Bertz CT molecular complexity index is 466. The predicted octanol–water partition coefficient (Wildman–Crippen LogP) is 4.59. The molecular formula is C20H30O2. The van der Waals surface area contributed by atoms with E-state index in [9.17, 15) is 4.79 Å². The lowest BCUT2D eigenvalue weighted by Crippen LogP contribution is -2.80. The van der Waals surface area contributed by atoms with E-state index in [0.29, 0.717) is 6.42 Å². The molecule has 2 nitrogen and oxygen atoms in total. The molecule has 1 N–H and O–H groups in total. The zero-order valence-electron chi connectivity index (χ0n) is 13.6. The lowest BCUT2D eigenvalue weighted by Gasteiger charge is -2.85. The van der Waals surface area contributed by atoms with Crippen molar-refractivity contribution in [3.8, 4) is 0 Å². The van der Waals surface area contributed by atoms with Gasteiger partial charge in [-0.2, -0.15) is 0 Å². The summed E-state index contributed by atoms with van der Waals surface area (Å²) >= 11 is 0. The highest BCUT2D eigenvalue weighted by Crippen LogP contribution is 2.84. The van der Waals surface area contributed by atoms with Crippen molar-refractivity contribution >= 4 is 5.97 Å². The van der Waals surface area contributed by atoms with Crippen molar-refractivity contribution in [2.75, 3.05) is 0 Å². The molecular weight excluding hydrogens is 272 g/mol. The summed E-state index contributed by atoms with van der Waals surface area (Å²) in [6, 6.07) is 0. The molecule has 5 rings (SSSR count). The van der Waals surface area contributed by atoms with Crippen molar-refractivity contribution in [2.24, 2.45) is 53.3 Å². The number of carboxylic acid groups (broad SMARTS) is 1. The molecule has 5 aliphatic carbocycles. The highest BCUT2D eigenvalue weighted by molar-refractivity contribution is 5.66. The molecule has 0 aliphatic heterocycles. The average Bonchev–Trinajstić information content (AvgIpc) is 2.44. The Morgan fingerprint density at radius 3 is 2.14 bits per heavy atom. The van der Waals surface area contributed by atoms with Gasteiger partial charge in [-0.1, -0.05) is 32.1 Å². The Balaban J connectivity index is 0.995. The summed E-state index contributed by atoms with van der Waals surface area (Å²) in [7, 11) is 0. The maximum atomic E-state index is 10.5. The maximum absolute atomic E-state index is 10.5. The van der Waals surface area contributed by atoms with Gasteiger partial charge < -0.3 is 5.11 Å². The van der Waals surface area contributed by atoms with Gasteiger partial charge in [0.1, 0.15) is 0 Å². The van der Waals surface area contributed by atoms with Crippen molar-refractivity contribution in [1.29, 1.82) is 0 Å². The van der Waals surface area contributed by atoms with Crippen molar-refractivity contribution < 1.29 is 9.90 Å². The minimum atomic E-state index is -0.636. The van der Waals surface area contributed by atoms with E-state index in [1.807, 2.05) is 0 Å². The van der Waals surface area contributed by atoms with Gasteiger partial charge in [-0.25, -0.2) is 0 Å². The largest absolute Gasteiger partial charge is 0.481 e. The molecule has 0 amide bonds. The molecule has 0 spiro atoms. The van der Waals surface area contributed by atoms with E-state index < -0.39 is 5.97 Å². The number of carboxylic acids is 1. The van der Waals surface area contributed by atoms with Crippen LogP contribution in [0.3, 0.4) is 0 Å². The SMILES string of the molecule is O=C(O)CCCCCCC[C@@H]1C[C@H]2[C@@H]3[C@H]4[C@@H]5CC[C@@H]5[C@H]4[C@@H]3[C@@H]12. The summed E-state index contributed by atoms with van der Waals surface area (Å²) in [6.07, 6.45) is 12.5. The van der Waals surface area contributed by atoms with Gasteiger partial charge >= 0.3 is 5.97 Å². The number of hydrogen-bond donors (Lipinski definition) is 1. The number of aliphatic carboxylic acids is 1. The van der Waals surface area contributed by atoms with E-state index in [0.717, 1.165) is 18.8 Å². The van der Waals surface area contributed by atoms with E-state index in [1.54, 1.807) is 19.3 Å². The van der Waals surface area contributed by atoms with Crippen LogP contribution in [0.15, 0.2) is 0 Å². The monoisotopic (exact) mass is 302 g/mol. The molecule has 2 heteroatoms. The van der Waals surface area contributed by atoms with E-state index in [2.05, 4.69) is 0 Å². The first-order chi connectivity index (χ1) is 10.8. The second-order valence-electron chi connectivity index (χ2n) is 9.15. The molecule has 5 fully saturated rings. The van der Waals surface area contributed by atoms with Gasteiger partial charge in [-0.15, -0.1) is 0 Å². The molecule has 122 valence electrons. The summed E-state index contributed by atoms with van der Waals surface area (Å²) in [5.41, 5.74) is 0. The minimum absolute atomic E-state index is 0.361. The number of fused-ring (bicyclic) bond motifs is 10. The first-order valence-corrected chi connectivity index (χ1v) is 9.99. The zero-order chi connectivity index (χ0) is 14.8. The number of carbonyl (C=O) groups is 1. The topological polar surface area (TPSA) is 37.3 Å². The second kappa shape index (κ2) is 4.98. The smallest absolute Gasteiger partial charge is 0.303 e. The van der Waals surface area contributed by atoms with Gasteiger partial charge in [0.15, 0.2) is 0 Å². The van der Waals surface area contributed by atoms with Crippen LogP contribution in [0.5, 0.6) is 0 Å². The molecule has 0 radical (unpaired) electrons. The lowest BCUT2D eigenvalue weighted by atomic mass is 9.20. The molecule has 22 heavy (non-hydrogen) atoms. The normalized spacial score (nSPS) is 52.3. The van der Waals surface area contributed by atoms with Crippen LogP contribution < -0.4 is 0 Å². The van der Waals surface area contributed by atoms with Crippen LogP contribution in [-0.2, 0) is 4.79 Å². The minimum Gasteiger partial charge on any atom is -0.481 e. The highest BCUT2D eigenvalue weighted by Gasteiger charge is 2.79. The number of rotatable bonds is 8. The molecule has 0 unspecified atom stereocenters. The van der Waals surface area contributed by atoms with Crippen molar-refractivity contribution in [1.82, 2.24) is 0 Å². The van der Waals surface area contributed by atoms with Gasteiger partial charge in [0.05, 0.1) is 0 Å². The van der Waals surface area contributed by atoms with Gasteiger partial charge in [0.2, 0.25) is 0 Å². The highest BCUT2D eigenvalue weighted by atomic mass is 16.4. The van der Waals surface area contributed by atoms with Crippen LogP contribution in [0.1, 0.15) is 64.2 Å². The fourth-order valence-electron chi connectivity index (χ4n) is 7.68. The van der Waals surface area contributed by atoms with E-state index in [4.69, 9.17) is 5.11 Å². The van der Waals surface area contributed by atoms with Gasteiger partial charge in [-0.05, 0) is 78.9 Å². The van der Waals surface area contributed by atoms with Crippen LogP contribution in [0.25, 0.3) is 0 Å². The van der Waals surface area contributed by atoms with Gasteiger partial charge in [-0.3, -0.25) is 4.79 Å². The Morgan fingerprint density at radius 2 is 1.41 bits per heavy atom. The Hall–Kier alpha value is -0.530. The number of hydrogen-bond acceptors (Lipinski definition) is 1. The first-order valence-electron chi connectivity index (χ1n) is 9.99. The fourth-order valence-corrected chi connectivity index (χ4v) is 7.68. The lowest BCUT2D eigenvalue weighted by molar-refractivity contribution is -0.375. The van der Waals surface area contributed by atoms with Crippen LogP contribution in [0, 0.1) is 53.3 Å². The molecule has 5 aliphatic rings. The molecule has 0 aromatic heterocycles. The van der Waals surface area contributed by atoms with Crippen molar-refractivity contribution in [2.45, 2.75) is 64.2 Å². The van der Waals surface area contributed by atoms with Gasteiger partial charge in [0.25, 0.3) is 0 Å². The third-order valence-electron chi connectivity index (χ3n) is 8.67. The molecule has 9 atom stereocenters. The molecule has 0 heterocycles. The summed E-state index contributed by atoms with van der Waals surface area (Å²) in [6.45, 7) is 0. The summed E-state index contributed by atoms with van der Waals surface area (Å²) < 4.78 is 0. The van der Waals surface area contributed by atoms with Crippen LogP contribution in [-0.4, -0.2) is 11.1 Å². The van der Waals surface area contributed by atoms with Gasteiger partial charge in [0, 0.05) is 6.42 Å². The van der Waals surface area contributed by atoms with Crippen molar-refractivity contribution in [3.63, 3.8) is 0 Å². The third-order valence-corrected chi connectivity index (χ3v) is 8.67. The average molecular weight is 302 g/mol. The Morgan fingerprint density at radius 1 is 0.773 bits per heavy atom. The predicted molar refractivity (Wildman–Crippen MR) is 85.2 cm³/mol.